The van der Waals surface area contributed by atoms with Gasteiger partial charge in [-0.2, -0.15) is 5.10 Å². The molecular weight excluding hydrogens is 1250 g/mol. The number of hydrogen-bond donors (Lipinski definition) is 11. The number of aromatic nitrogens is 15. The van der Waals surface area contributed by atoms with Crippen LogP contribution in [0.2, 0.25) is 15.5 Å². The number of nitrogens with one attached hydrogen (secondary N) is 7. The predicted molar refractivity (Wildman–Crippen MR) is 379 cm³/mol. The van der Waals surface area contributed by atoms with Crippen LogP contribution in [0, 0.1) is 34.6 Å². The van der Waals surface area contributed by atoms with Crippen molar-refractivity contribution in [1.29, 1.82) is 0 Å². The predicted octanol–water partition coefficient (Wildman–Crippen LogP) is 14.7. The SMILES string of the molecule is CC1=NC=C(c2ccc3c(c2)C(=O)NC3)C1.Cc1nc(-c2ccc3c(c2)ncn3C)c(Cl)[nH]1.Cc1nc(-c2cccc(N)c2)c(Cl)[nH]1.Cc1nc(-c2cccc(N)n2)c(Cl)[nH]1.Cc1ncc(-c2ccc3c(N)cccc3c2)[nH]1.Cc1ncc(-c2ccc3c(N)n[nH]c3c2)[nH]1. The number of benzene rings is 6. The number of fused-ring (bicyclic) bond motifs is 4. The van der Waals surface area contributed by atoms with E-state index in [1.54, 1.807) is 12.4 Å². The Bertz CT molecular complexity index is 5050. The number of amides is 1. The van der Waals surface area contributed by atoms with Gasteiger partial charge in [0.05, 0.1) is 52.4 Å². The summed E-state index contributed by atoms with van der Waals surface area (Å²) in [6, 6.07) is 43.1. The highest BCUT2D eigenvalue weighted by atomic mass is 35.5. The number of H-pyrrole nitrogens is 6. The van der Waals surface area contributed by atoms with E-state index < -0.39 is 0 Å². The standard InChI is InChI=1S/C14H13N3.C13H12N2O.C12H11ClN4.C11H11N5.C10H10ClN3.C9H9ClN4/c1-9-16-8-14(17-9)11-5-6-12-10(7-11)3-2-4-13(12)15;1-8-4-11(7-14-8)9-2-3-10-6-15-13(16)12(10)5-9;1-7-15-11(12(13)16-7)8-3-4-10-9(5-8)14-6-17(10)2;1-6-13-5-10(14-6)7-2-3-8-9(4-7)15-16-11(8)12;1-6-13-9(10(11)14-6)7-3-2-4-8(12)5-7;1-5-12-8(9(10)13-5)6-3-2-4-7(11)14-6/h2-8H,15H2,1H3,(H,16,17);2-3,5,7H,4,6H2,1H3,(H,15,16);3-6H,1-2H3,(H,15,16);2-5H,1H3,(H,13,14)(H3,12,15,16);2-5H,12H2,1H3,(H,13,14);2-4H,1H3,(H2,11,14)(H,12,13). The lowest BCUT2D eigenvalue weighted by molar-refractivity contribution is 0.0965. The topological polar surface area (TPSA) is 348 Å². The summed E-state index contributed by atoms with van der Waals surface area (Å²) in [6.45, 7) is 12.1. The van der Waals surface area contributed by atoms with Crippen molar-refractivity contribution >= 4 is 108 Å². The monoisotopic (exact) mass is 1310 g/mol. The quantitative estimate of drug-likeness (QED) is 0.0691. The number of rotatable bonds is 6. The molecule has 0 bridgehead atoms. The maximum atomic E-state index is 11.5. The number of nitrogen functional groups attached to an aromatic ring is 4. The number of anilines is 4. The summed E-state index contributed by atoms with van der Waals surface area (Å²) in [5.41, 5.74) is 41.7. The number of nitrogens with two attached hydrogens (primary N) is 4. The molecule has 0 unspecified atom stereocenters. The molecule has 15 N–H and O–H groups in total. The number of carbonyl (C=O) groups excluding carboxylic acids is 1. The molecule has 0 atom stereocenters. The number of hydrogen-bond acceptors (Lipinski definition) is 14. The first-order valence-electron chi connectivity index (χ1n) is 29.6. The lowest BCUT2D eigenvalue weighted by Gasteiger charge is -2.04. The van der Waals surface area contributed by atoms with Gasteiger partial charge in [-0.25, -0.2) is 34.9 Å². The molecule has 0 saturated carbocycles. The zero-order valence-electron chi connectivity index (χ0n) is 52.2. The summed E-state index contributed by atoms with van der Waals surface area (Å²) in [4.78, 5) is 60.7. The van der Waals surface area contributed by atoms with Crippen LogP contribution in [0.15, 0.2) is 163 Å². The molecule has 0 aliphatic carbocycles. The van der Waals surface area contributed by atoms with E-state index in [9.17, 15) is 4.79 Å². The molecule has 25 heteroatoms. The van der Waals surface area contributed by atoms with Crippen LogP contribution < -0.4 is 28.3 Å². The first-order valence-corrected chi connectivity index (χ1v) is 30.7. The van der Waals surface area contributed by atoms with Crippen molar-refractivity contribution < 1.29 is 4.79 Å². The van der Waals surface area contributed by atoms with Crippen molar-refractivity contribution in [2.75, 3.05) is 22.9 Å². The van der Waals surface area contributed by atoms with Crippen LogP contribution >= 0.6 is 34.8 Å². The van der Waals surface area contributed by atoms with Gasteiger partial charge in [-0.05, 0) is 130 Å². The minimum Gasteiger partial charge on any atom is -0.399 e. The smallest absolute Gasteiger partial charge is 0.251 e. The maximum Gasteiger partial charge on any atom is 0.251 e. The van der Waals surface area contributed by atoms with Gasteiger partial charge in [-0.1, -0.05) is 102 Å². The Balaban J connectivity index is 0.000000115. The Morgan fingerprint density at radius 2 is 1.15 bits per heavy atom. The first kappa shape index (κ1) is 64.2. The molecule has 94 heavy (non-hydrogen) atoms. The van der Waals surface area contributed by atoms with Gasteiger partial charge in [0.1, 0.15) is 67.5 Å². The first-order chi connectivity index (χ1) is 45.2. The second-order valence-electron chi connectivity index (χ2n) is 22.3. The van der Waals surface area contributed by atoms with E-state index in [-0.39, 0.29) is 5.91 Å². The molecule has 0 fully saturated rings. The lowest BCUT2D eigenvalue weighted by Crippen LogP contribution is -2.12. The van der Waals surface area contributed by atoms with E-state index in [0.29, 0.717) is 50.7 Å². The van der Waals surface area contributed by atoms with Crippen LogP contribution in [-0.4, -0.2) is 86.2 Å². The minimum atomic E-state index is 0.0353. The Kier molecular flexibility index (Phi) is 19.2. The highest BCUT2D eigenvalue weighted by Crippen LogP contribution is 2.32. The number of imidazole rings is 6. The Morgan fingerprint density at radius 3 is 1.76 bits per heavy atom. The molecule has 14 aromatic rings. The van der Waals surface area contributed by atoms with Crippen LogP contribution in [0.4, 0.5) is 23.0 Å². The number of nitrogens with zero attached hydrogens (tertiary/aromatic N) is 10. The fourth-order valence-electron chi connectivity index (χ4n) is 10.5. The molecule has 2 aliphatic rings. The van der Waals surface area contributed by atoms with Gasteiger partial charge in [-0.3, -0.25) is 14.9 Å². The molecule has 10 heterocycles. The number of halogens is 3. The van der Waals surface area contributed by atoms with Crippen LogP contribution in [0.25, 0.3) is 94.7 Å². The number of allylic oxidation sites excluding steroid dienone is 1. The average Bonchev–Trinajstić information content (AvgIpc) is 1.64. The zero-order chi connectivity index (χ0) is 66.3. The largest absolute Gasteiger partial charge is 0.399 e. The number of aliphatic imine (C=N–C) groups is 1. The van der Waals surface area contributed by atoms with E-state index in [2.05, 4.69) is 111 Å². The summed E-state index contributed by atoms with van der Waals surface area (Å²) in [5.74, 6) is 5.22. The summed E-state index contributed by atoms with van der Waals surface area (Å²) >= 11 is 18.0. The number of aryl methyl sites for hydroxylation is 6. The third kappa shape index (κ3) is 15.0. The Labute approximate surface area is 554 Å². The van der Waals surface area contributed by atoms with Crippen LogP contribution in [0.3, 0.4) is 0 Å². The molecule has 22 nitrogen and oxygen atoms in total. The summed E-state index contributed by atoms with van der Waals surface area (Å²) in [7, 11) is 1.97. The number of pyridine rings is 1. The van der Waals surface area contributed by atoms with Crippen LogP contribution in [-0.2, 0) is 13.6 Å². The number of carbonyl (C=O) groups is 1. The van der Waals surface area contributed by atoms with Gasteiger partial charge in [-0.15, -0.1) is 0 Å². The van der Waals surface area contributed by atoms with Gasteiger partial charge in [0.15, 0.2) is 5.82 Å². The summed E-state index contributed by atoms with van der Waals surface area (Å²) in [5, 5.41) is 14.5. The summed E-state index contributed by atoms with van der Waals surface area (Å²) < 4.78 is 1.98. The Hall–Kier alpha value is -11.3. The molecule has 2 aliphatic heterocycles. The van der Waals surface area contributed by atoms with Gasteiger partial charge >= 0.3 is 0 Å². The fourth-order valence-corrected chi connectivity index (χ4v) is 11.3. The van der Waals surface area contributed by atoms with Crippen molar-refractivity contribution in [3.05, 3.63) is 220 Å². The second kappa shape index (κ2) is 28.0. The van der Waals surface area contributed by atoms with E-state index in [0.717, 1.165) is 141 Å². The third-order valence-corrected chi connectivity index (χ3v) is 15.9. The normalized spacial score (nSPS) is 12.0. The third-order valence-electron chi connectivity index (χ3n) is 15.1. The molecule has 0 radical (unpaired) electrons. The van der Waals surface area contributed by atoms with Gasteiger partial charge in [0.25, 0.3) is 5.91 Å². The summed E-state index contributed by atoms with van der Waals surface area (Å²) in [6.07, 6.45) is 8.25. The molecule has 0 spiro atoms. The maximum absolute atomic E-state index is 11.5. The molecule has 474 valence electrons. The van der Waals surface area contributed by atoms with Crippen LogP contribution in [0.1, 0.15) is 64.0 Å². The average molecular weight is 1310 g/mol. The zero-order valence-corrected chi connectivity index (χ0v) is 54.5. The van der Waals surface area contributed by atoms with E-state index in [1.807, 2.05) is 169 Å². The van der Waals surface area contributed by atoms with Gasteiger partial charge in [0, 0.05) is 81.9 Å². The van der Waals surface area contributed by atoms with Crippen molar-refractivity contribution in [2.24, 2.45) is 12.0 Å². The van der Waals surface area contributed by atoms with Crippen molar-refractivity contribution in [3.8, 4) is 56.4 Å². The fraction of sp³-hybridized carbons (Fsp3) is 0.130. The molecule has 6 aromatic carbocycles. The molecule has 16 rings (SSSR count). The highest BCUT2D eigenvalue weighted by molar-refractivity contribution is 6.32. The number of aromatic amines is 6. The molecule has 0 saturated heterocycles. The van der Waals surface area contributed by atoms with E-state index >= 15 is 0 Å². The molecular formula is C69H66Cl3N21O. The van der Waals surface area contributed by atoms with E-state index in [4.69, 9.17) is 57.7 Å². The van der Waals surface area contributed by atoms with E-state index in [1.165, 1.54) is 5.57 Å². The van der Waals surface area contributed by atoms with Crippen molar-refractivity contribution in [3.63, 3.8) is 0 Å². The minimum absolute atomic E-state index is 0.0353. The van der Waals surface area contributed by atoms with Crippen LogP contribution in [0.5, 0.6) is 0 Å². The van der Waals surface area contributed by atoms with Crippen molar-refractivity contribution in [2.45, 2.75) is 54.5 Å². The lowest BCUT2D eigenvalue weighted by atomic mass is 9.99. The Morgan fingerprint density at radius 1 is 0.543 bits per heavy atom. The van der Waals surface area contributed by atoms with Gasteiger partial charge in [0.2, 0.25) is 0 Å². The molecule has 1 amide bonds. The van der Waals surface area contributed by atoms with Crippen molar-refractivity contribution in [1.82, 2.24) is 79.9 Å². The second-order valence-corrected chi connectivity index (χ2v) is 23.4. The molecule has 8 aromatic heterocycles. The highest BCUT2D eigenvalue weighted by Gasteiger charge is 2.21. The van der Waals surface area contributed by atoms with Gasteiger partial charge < -0.3 is 57.7 Å².